The lowest BCUT2D eigenvalue weighted by Gasteiger charge is -2.17. The molecule has 0 bridgehead atoms. The Morgan fingerprint density at radius 2 is 0.517 bits per heavy atom. The van der Waals surface area contributed by atoms with Crippen LogP contribution in [0.15, 0.2) is 209 Å². The zero-order valence-electron chi connectivity index (χ0n) is 31.8. The van der Waals surface area contributed by atoms with Crippen LogP contribution in [0.4, 0.5) is 0 Å². The van der Waals surface area contributed by atoms with Gasteiger partial charge in [0, 0.05) is 11.1 Å². The van der Waals surface area contributed by atoms with Crippen LogP contribution in [-0.4, -0.2) is 7.11 Å². The molecule has 0 aliphatic heterocycles. The summed E-state index contributed by atoms with van der Waals surface area (Å²) in [6.07, 6.45) is 0. The minimum atomic E-state index is -4.94. The minimum Gasteiger partial charge on any atom is -0.497 e. The molecule has 0 fully saturated rings. The van der Waals surface area contributed by atoms with Gasteiger partial charge in [-0.3, -0.25) is 0 Å². The van der Waals surface area contributed by atoms with Crippen molar-refractivity contribution in [2.75, 3.05) is 7.11 Å². The van der Waals surface area contributed by atoms with E-state index >= 15 is 0 Å². The molecule has 8 rings (SSSR count). The van der Waals surface area contributed by atoms with Crippen molar-refractivity contribution in [3.05, 3.63) is 200 Å². The van der Waals surface area contributed by atoms with E-state index in [4.69, 9.17) is 50.8 Å². The monoisotopic (exact) mass is 846 g/mol. The van der Waals surface area contributed by atoms with E-state index in [0.717, 1.165) is 67.7 Å². The molecule has 0 amide bonds. The van der Waals surface area contributed by atoms with Crippen LogP contribution >= 0.6 is 0 Å². The summed E-state index contributed by atoms with van der Waals surface area (Å²) in [6.45, 7) is 0. The molecule has 13 heteroatoms. The molecule has 11 nitrogen and oxygen atoms in total. The van der Waals surface area contributed by atoms with Gasteiger partial charge in [-0.15, -0.1) is 20.5 Å². The van der Waals surface area contributed by atoms with Crippen molar-refractivity contribution in [1.29, 1.82) is 0 Å². The first-order chi connectivity index (χ1) is 28.7. The predicted molar refractivity (Wildman–Crippen MR) is 205 cm³/mol. The summed E-state index contributed by atoms with van der Waals surface area (Å²) >= 11 is 0. The Morgan fingerprint density at radius 3 is 0.750 bits per heavy atom. The lowest BCUT2D eigenvalue weighted by atomic mass is 10.0. The van der Waals surface area contributed by atoms with Gasteiger partial charge in [0.1, 0.15) is 5.75 Å². The number of methoxy groups -OCH3 is 1. The van der Waals surface area contributed by atoms with Gasteiger partial charge in [-0.1, -0.05) is 115 Å². The fourth-order valence-electron chi connectivity index (χ4n) is 5.73. The largest absolute Gasteiger partial charge is 0.497 e. The van der Waals surface area contributed by atoms with E-state index in [1.807, 2.05) is 91.0 Å². The fraction of sp³-hybridized carbons (Fsp3) is 0.0213. The van der Waals surface area contributed by atoms with Gasteiger partial charge in [0.2, 0.25) is 0 Å². The molecule has 8 aromatic rings. The fourth-order valence-corrected chi connectivity index (χ4v) is 5.73. The Kier molecular flexibility index (Phi) is 16.1. The highest BCUT2D eigenvalue weighted by molar-refractivity contribution is 5.76. The molecule has 0 aliphatic rings. The van der Waals surface area contributed by atoms with E-state index in [-0.39, 0.29) is 0 Å². The maximum absolute atomic E-state index is 8.49. The molecular formula is C47H36Cl2O11. The summed E-state index contributed by atoms with van der Waals surface area (Å²) < 4.78 is 85.7. The van der Waals surface area contributed by atoms with Crippen LogP contribution < -0.4 is 42.0 Å². The van der Waals surface area contributed by atoms with Crippen LogP contribution in [0.3, 0.4) is 0 Å². The zero-order chi connectivity index (χ0) is 43.0. The first kappa shape index (κ1) is 44.8. The molecule has 0 atom stereocenters. The van der Waals surface area contributed by atoms with Crippen molar-refractivity contribution in [2.45, 2.75) is 0 Å². The molecule has 0 unspecified atom stereocenters. The number of rotatable bonds is 7. The van der Waals surface area contributed by atoms with Crippen LogP contribution in [0.1, 0.15) is 0 Å². The third-order valence-corrected chi connectivity index (χ3v) is 8.35. The minimum absolute atomic E-state index is 0.845. The first-order valence-electron chi connectivity index (χ1n) is 17.8. The van der Waals surface area contributed by atoms with Crippen molar-refractivity contribution in [3.8, 4) is 73.3 Å². The van der Waals surface area contributed by atoms with E-state index in [2.05, 4.69) is 109 Å². The van der Waals surface area contributed by atoms with Gasteiger partial charge in [0.05, 0.1) is 53.6 Å². The smallest absolute Gasteiger partial charge is 0.361 e. The lowest BCUT2D eigenvalue weighted by molar-refractivity contribution is -2.00. The highest BCUT2D eigenvalue weighted by Gasteiger charge is 2.21. The molecule has 304 valence electrons. The first-order valence-corrected chi connectivity index (χ1v) is 20.3. The summed E-state index contributed by atoms with van der Waals surface area (Å²) in [5, 5.41) is 0. The second-order valence-corrected chi connectivity index (χ2v) is 14.0. The zero-order valence-corrected chi connectivity index (χ0v) is 33.3. The van der Waals surface area contributed by atoms with Crippen molar-refractivity contribution in [1.82, 2.24) is 0 Å². The van der Waals surface area contributed by atoms with Crippen LogP contribution in [-0.2, 0) is 0 Å². The Bertz CT molecular complexity index is 2260. The number of halogens is 2. The summed E-state index contributed by atoms with van der Waals surface area (Å²) in [5.74, 6) is 4.28. The SMILES string of the molecule is COc1ccc(-c2cc(-c3ccccc3)[o+]c(-c3ccccc3)c2)cc1.[O-][Cl+3]([O-])([O-])[O-].[O-][Cl+3]([O-])([O-])[O-].c1ccc(-c2cc(-c3ccccc3)[o+]c(-c3ccccc3)c2)cc1. The van der Waals surface area contributed by atoms with Gasteiger partial charge < -0.3 is 4.74 Å². The topological polar surface area (TPSA) is 216 Å². The Morgan fingerprint density at radius 1 is 0.300 bits per heavy atom. The average molecular weight is 848 g/mol. The second-order valence-electron chi connectivity index (χ2n) is 12.5. The highest BCUT2D eigenvalue weighted by atomic mass is 35.7. The lowest BCUT2D eigenvalue weighted by Crippen LogP contribution is -2.68. The number of hydrogen-bond acceptors (Lipinski definition) is 9. The van der Waals surface area contributed by atoms with Gasteiger partial charge in [-0.25, -0.2) is 46.1 Å². The molecule has 0 aliphatic carbocycles. The van der Waals surface area contributed by atoms with Crippen LogP contribution in [0.25, 0.3) is 67.5 Å². The Labute approximate surface area is 350 Å². The van der Waals surface area contributed by atoms with Gasteiger partial charge in [0.15, 0.2) is 0 Å². The third-order valence-electron chi connectivity index (χ3n) is 8.35. The molecule has 0 saturated heterocycles. The molecule has 6 aromatic carbocycles. The van der Waals surface area contributed by atoms with E-state index in [1.54, 1.807) is 7.11 Å². The number of hydrogen-bond donors (Lipinski definition) is 0. The normalized spacial score (nSPS) is 10.8. The summed E-state index contributed by atoms with van der Waals surface area (Å²) in [6, 6.07) is 67.7. The molecule has 2 aromatic heterocycles. The molecule has 0 saturated carbocycles. The number of benzene rings is 6. The predicted octanol–water partition coefficient (Wildman–Crippen LogP) is 3.62. The Hall–Kier alpha value is -6.32. The molecular weight excluding hydrogens is 811 g/mol. The van der Waals surface area contributed by atoms with E-state index in [0.29, 0.717) is 0 Å². The average Bonchev–Trinajstić information content (AvgIpc) is 3.27. The van der Waals surface area contributed by atoms with Crippen LogP contribution in [0.2, 0.25) is 0 Å². The van der Waals surface area contributed by atoms with Crippen LogP contribution in [0, 0.1) is 20.5 Å². The van der Waals surface area contributed by atoms with Crippen molar-refractivity contribution < 1.29 is 71.3 Å². The summed E-state index contributed by atoms with van der Waals surface area (Å²) in [7, 11) is -8.21. The molecule has 60 heavy (non-hydrogen) atoms. The Balaban J connectivity index is 0.000000186. The van der Waals surface area contributed by atoms with Crippen molar-refractivity contribution in [2.24, 2.45) is 0 Å². The molecule has 2 heterocycles. The quantitative estimate of drug-likeness (QED) is 0.211. The van der Waals surface area contributed by atoms with E-state index in [9.17, 15) is 0 Å². The molecule has 0 N–H and O–H groups in total. The van der Waals surface area contributed by atoms with Crippen molar-refractivity contribution >= 4 is 0 Å². The van der Waals surface area contributed by atoms with Gasteiger partial charge in [-0.2, -0.15) is 0 Å². The molecule has 0 radical (unpaired) electrons. The highest BCUT2D eigenvalue weighted by Crippen LogP contribution is 2.34. The summed E-state index contributed by atoms with van der Waals surface area (Å²) in [5.41, 5.74) is 8.83. The number of ether oxygens (including phenoxy) is 1. The molecule has 0 spiro atoms. The van der Waals surface area contributed by atoms with Gasteiger partial charge >= 0.3 is 23.0 Å². The summed E-state index contributed by atoms with van der Waals surface area (Å²) in [4.78, 5) is 0. The third kappa shape index (κ3) is 15.1. The maximum Gasteiger partial charge on any atom is 0.361 e. The second kappa shape index (κ2) is 21.6. The van der Waals surface area contributed by atoms with Crippen LogP contribution in [0.5, 0.6) is 5.75 Å². The van der Waals surface area contributed by atoms with E-state index < -0.39 is 20.5 Å². The van der Waals surface area contributed by atoms with E-state index in [1.165, 1.54) is 5.56 Å². The van der Waals surface area contributed by atoms with Crippen molar-refractivity contribution in [3.63, 3.8) is 0 Å². The van der Waals surface area contributed by atoms with Gasteiger partial charge in [-0.05, 0) is 71.8 Å². The maximum atomic E-state index is 8.49. The standard InChI is InChI=1S/C24H19O2.C23H17O.2ClHO4/c1-25-22-14-12-18(13-15-22)21-16-23(19-8-4-2-5-9-19)26-24(17-21)20-10-6-3-7-11-20;1-4-10-18(11-5-1)21-16-22(19-12-6-2-7-13-19)24-23(17-21)20-14-8-3-9-15-20;2*2-1(3,4)5/h2-17H,1H3;1-17H;2*(H,2,3,4,5)/q2*+1;;/p-2. The van der Waals surface area contributed by atoms with Gasteiger partial charge in [0.25, 0.3) is 0 Å².